The van der Waals surface area contributed by atoms with Gasteiger partial charge in [-0.25, -0.2) is 0 Å². The molecule has 0 fully saturated rings. The lowest BCUT2D eigenvalue weighted by Gasteiger charge is -1.95. The summed E-state index contributed by atoms with van der Waals surface area (Å²) in [6, 6.07) is 9.71. The molecule has 1 amide bonds. The summed E-state index contributed by atoms with van der Waals surface area (Å²) in [6.45, 7) is 0. The average molecular weight is 259 g/mol. The van der Waals surface area contributed by atoms with Gasteiger partial charge < -0.3 is 0 Å². The number of nitrogens with zero attached hydrogens (tertiary/aromatic N) is 4. The Balaban J connectivity index is 1.87. The highest BCUT2D eigenvalue weighted by atomic mass is 32.1. The van der Waals surface area contributed by atoms with Gasteiger partial charge in [0.05, 0.1) is 11.9 Å². The molecular formula is C11H9N5OS. The molecule has 0 saturated heterocycles. The second-order valence-corrected chi connectivity index (χ2v) is 4.79. The molecule has 0 saturated carbocycles. The van der Waals surface area contributed by atoms with E-state index < -0.39 is 0 Å². The summed E-state index contributed by atoms with van der Waals surface area (Å²) in [4.78, 5) is 13.9. The lowest BCUT2D eigenvalue weighted by Crippen LogP contribution is -2.11. The molecule has 7 heteroatoms. The van der Waals surface area contributed by atoms with Crippen LogP contribution < -0.4 is 5.32 Å². The monoisotopic (exact) mass is 259 g/mol. The maximum atomic E-state index is 12.0. The number of tetrazole rings is 1. The van der Waals surface area contributed by atoms with Crippen LogP contribution in [0, 0.1) is 0 Å². The number of thiophene rings is 1. The van der Waals surface area contributed by atoms with Crippen LogP contribution in [-0.2, 0) is 7.05 Å². The van der Waals surface area contributed by atoms with Crippen molar-refractivity contribution in [2.45, 2.75) is 0 Å². The maximum absolute atomic E-state index is 12.0. The summed E-state index contributed by atoms with van der Waals surface area (Å²) in [5.41, 5.74) is 0. The number of aryl methyl sites for hydroxylation is 1. The number of fused-ring (bicyclic) bond motifs is 1. The van der Waals surface area contributed by atoms with E-state index in [0.717, 1.165) is 10.1 Å². The molecule has 0 unspecified atom stereocenters. The summed E-state index contributed by atoms with van der Waals surface area (Å²) in [6.07, 6.45) is 0. The molecule has 0 atom stereocenters. The fraction of sp³-hybridized carbons (Fsp3) is 0.0909. The van der Waals surface area contributed by atoms with E-state index in [9.17, 15) is 4.79 Å². The summed E-state index contributed by atoms with van der Waals surface area (Å²) < 4.78 is 1.08. The zero-order chi connectivity index (χ0) is 12.5. The van der Waals surface area contributed by atoms with Crippen molar-refractivity contribution in [3.05, 3.63) is 35.2 Å². The highest BCUT2D eigenvalue weighted by molar-refractivity contribution is 7.20. The minimum Gasteiger partial charge on any atom is -0.287 e. The van der Waals surface area contributed by atoms with Gasteiger partial charge in [0.2, 0.25) is 0 Å². The first kappa shape index (κ1) is 10.8. The van der Waals surface area contributed by atoms with Crippen LogP contribution in [0.25, 0.3) is 10.1 Å². The number of benzene rings is 1. The first-order valence-electron chi connectivity index (χ1n) is 5.26. The minimum absolute atomic E-state index is 0.208. The highest BCUT2D eigenvalue weighted by Gasteiger charge is 2.12. The van der Waals surface area contributed by atoms with Crippen LogP contribution >= 0.6 is 11.3 Å². The van der Waals surface area contributed by atoms with Crippen LogP contribution in [0.5, 0.6) is 0 Å². The van der Waals surface area contributed by atoms with E-state index in [1.807, 2.05) is 30.3 Å². The van der Waals surface area contributed by atoms with E-state index in [0.29, 0.717) is 4.88 Å². The fourth-order valence-corrected chi connectivity index (χ4v) is 2.55. The normalized spacial score (nSPS) is 10.7. The van der Waals surface area contributed by atoms with Crippen LogP contribution in [0.4, 0.5) is 5.95 Å². The predicted molar refractivity (Wildman–Crippen MR) is 68.6 cm³/mol. The molecule has 3 aromatic rings. The number of aromatic nitrogens is 4. The summed E-state index contributed by atoms with van der Waals surface area (Å²) >= 11 is 1.44. The molecule has 0 spiro atoms. The standard InChI is InChI=1S/C11H9N5OS/c1-16-14-11(13-15-16)12-10(17)9-6-7-4-2-3-5-8(7)18-9/h2-6H,1H3,(H,12,14,17). The number of hydrogen-bond acceptors (Lipinski definition) is 5. The molecule has 2 heterocycles. The van der Waals surface area contributed by atoms with Gasteiger partial charge in [-0.3, -0.25) is 10.1 Å². The van der Waals surface area contributed by atoms with E-state index >= 15 is 0 Å². The van der Waals surface area contributed by atoms with Gasteiger partial charge in [0, 0.05) is 4.70 Å². The van der Waals surface area contributed by atoms with Crippen molar-refractivity contribution >= 4 is 33.3 Å². The third kappa shape index (κ3) is 1.95. The number of rotatable bonds is 2. The van der Waals surface area contributed by atoms with Gasteiger partial charge in [-0.05, 0) is 22.7 Å². The maximum Gasteiger partial charge on any atom is 0.270 e. The SMILES string of the molecule is Cn1nnc(NC(=O)c2cc3ccccc3s2)n1. The zero-order valence-corrected chi connectivity index (χ0v) is 10.3. The quantitative estimate of drug-likeness (QED) is 0.760. The van der Waals surface area contributed by atoms with Crippen LogP contribution in [0.3, 0.4) is 0 Å². The first-order chi connectivity index (χ1) is 8.72. The first-order valence-corrected chi connectivity index (χ1v) is 6.08. The molecule has 0 radical (unpaired) electrons. The minimum atomic E-state index is -0.218. The van der Waals surface area contributed by atoms with Crippen LogP contribution in [-0.4, -0.2) is 26.1 Å². The van der Waals surface area contributed by atoms with E-state index in [2.05, 4.69) is 20.7 Å². The van der Waals surface area contributed by atoms with Crippen molar-refractivity contribution in [1.82, 2.24) is 20.2 Å². The van der Waals surface area contributed by atoms with E-state index in [1.165, 1.54) is 16.1 Å². The van der Waals surface area contributed by atoms with Crippen LogP contribution in [0.15, 0.2) is 30.3 Å². The van der Waals surface area contributed by atoms with Crippen molar-refractivity contribution in [3.63, 3.8) is 0 Å². The van der Waals surface area contributed by atoms with Crippen LogP contribution in [0.2, 0.25) is 0 Å². The molecule has 3 rings (SSSR count). The molecule has 1 aromatic carbocycles. The molecule has 2 aromatic heterocycles. The van der Waals surface area contributed by atoms with Crippen LogP contribution in [0.1, 0.15) is 9.67 Å². The van der Waals surface area contributed by atoms with E-state index in [1.54, 1.807) is 7.05 Å². The lowest BCUT2D eigenvalue weighted by molar-refractivity contribution is 0.102. The predicted octanol–water partition coefficient (Wildman–Crippen LogP) is 1.68. The Labute approximate surface area is 106 Å². The Morgan fingerprint density at radius 1 is 1.39 bits per heavy atom. The number of hydrogen-bond donors (Lipinski definition) is 1. The van der Waals surface area contributed by atoms with E-state index in [-0.39, 0.29) is 11.9 Å². The Morgan fingerprint density at radius 3 is 2.94 bits per heavy atom. The third-order valence-corrected chi connectivity index (χ3v) is 3.50. The van der Waals surface area contributed by atoms with Gasteiger partial charge in [-0.2, -0.15) is 4.80 Å². The van der Waals surface area contributed by atoms with Crippen molar-refractivity contribution < 1.29 is 4.79 Å². The second kappa shape index (κ2) is 4.19. The zero-order valence-electron chi connectivity index (χ0n) is 9.49. The van der Waals surface area contributed by atoms with Gasteiger partial charge >= 0.3 is 0 Å². The summed E-state index contributed by atoms with van der Waals surface area (Å²) in [5, 5.41) is 14.9. The number of amides is 1. The van der Waals surface area contributed by atoms with Gasteiger partial charge in [-0.15, -0.1) is 16.4 Å². The third-order valence-electron chi connectivity index (χ3n) is 2.38. The van der Waals surface area contributed by atoms with E-state index in [4.69, 9.17) is 0 Å². The lowest BCUT2D eigenvalue weighted by atomic mass is 10.2. The second-order valence-electron chi connectivity index (χ2n) is 3.71. The van der Waals surface area contributed by atoms with Crippen molar-refractivity contribution in [2.75, 3.05) is 5.32 Å². The molecule has 18 heavy (non-hydrogen) atoms. The molecule has 0 aliphatic rings. The number of anilines is 1. The van der Waals surface area contributed by atoms with Gasteiger partial charge in [0.15, 0.2) is 0 Å². The summed E-state index contributed by atoms with van der Waals surface area (Å²) in [5.74, 6) is -0.0100. The number of carbonyl (C=O) groups excluding carboxylic acids is 1. The average Bonchev–Trinajstić information content (AvgIpc) is 2.95. The molecule has 0 aliphatic heterocycles. The molecule has 1 N–H and O–H groups in total. The van der Waals surface area contributed by atoms with Gasteiger partial charge in [-0.1, -0.05) is 23.3 Å². The fourth-order valence-electron chi connectivity index (χ4n) is 1.59. The number of carbonyl (C=O) groups is 1. The molecule has 0 bridgehead atoms. The Morgan fingerprint density at radius 2 is 2.22 bits per heavy atom. The Hall–Kier alpha value is -2.28. The largest absolute Gasteiger partial charge is 0.287 e. The van der Waals surface area contributed by atoms with Crippen molar-refractivity contribution in [3.8, 4) is 0 Å². The molecule has 0 aliphatic carbocycles. The Bertz CT molecular complexity index is 684. The Kier molecular flexibility index (Phi) is 2.52. The summed E-state index contributed by atoms with van der Waals surface area (Å²) in [7, 11) is 1.64. The molecule has 90 valence electrons. The topological polar surface area (TPSA) is 72.7 Å². The smallest absolute Gasteiger partial charge is 0.270 e. The van der Waals surface area contributed by atoms with Gasteiger partial charge in [0.25, 0.3) is 11.9 Å². The van der Waals surface area contributed by atoms with Gasteiger partial charge in [0.1, 0.15) is 0 Å². The highest BCUT2D eigenvalue weighted by Crippen LogP contribution is 2.25. The van der Waals surface area contributed by atoms with Crippen molar-refractivity contribution in [1.29, 1.82) is 0 Å². The molecular weight excluding hydrogens is 250 g/mol. The van der Waals surface area contributed by atoms with Crippen molar-refractivity contribution in [2.24, 2.45) is 7.05 Å². The molecule has 6 nitrogen and oxygen atoms in total. The number of nitrogens with one attached hydrogen (secondary N) is 1.